The Morgan fingerprint density at radius 3 is 2.50 bits per heavy atom. The van der Waals surface area contributed by atoms with Gasteiger partial charge in [0.1, 0.15) is 0 Å². The van der Waals surface area contributed by atoms with E-state index < -0.39 is 17.3 Å². The van der Waals surface area contributed by atoms with Crippen molar-refractivity contribution >= 4 is 5.97 Å². The molecule has 1 aliphatic rings. The van der Waals surface area contributed by atoms with Gasteiger partial charge in [0.15, 0.2) is 0 Å². The molecule has 4 nitrogen and oxygen atoms in total. The van der Waals surface area contributed by atoms with Gasteiger partial charge in [-0.25, -0.2) is 8.78 Å². The summed E-state index contributed by atoms with van der Waals surface area (Å²) in [6.45, 7) is 4.76. The molecular weight excluding hydrogens is 266 g/mol. The van der Waals surface area contributed by atoms with Crippen LogP contribution in [0.3, 0.4) is 0 Å². The van der Waals surface area contributed by atoms with Crippen LogP contribution in [0.4, 0.5) is 8.78 Å². The van der Waals surface area contributed by atoms with Gasteiger partial charge in [-0.15, -0.1) is 0 Å². The summed E-state index contributed by atoms with van der Waals surface area (Å²) in [7, 11) is 0. The lowest BCUT2D eigenvalue weighted by molar-refractivity contribution is -0.149. The standard InChI is InChI=1S/C14H20F2N2O2/c1-10(2)8-18-9-11(7-17-18)13(12(19)20)3-5-14(15,16)6-4-13/h7,9-10H,3-6,8H2,1-2H3,(H,19,20). The summed E-state index contributed by atoms with van der Waals surface area (Å²) in [5.41, 5.74) is -0.669. The highest BCUT2D eigenvalue weighted by molar-refractivity contribution is 5.81. The molecule has 112 valence electrons. The van der Waals surface area contributed by atoms with E-state index in [0.29, 0.717) is 18.0 Å². The van der Waals surface area contributed by atoms with Crippen LogP contribution >= 0.6 is 0 Å². The molecule has 0 bridgehead atoms. The van der Waals surface area contributed by atoms with E-state index in [2.05, 4.69) is 5.10 Å². The van der Waals surface area contributed by atoms with E-state index >= 15 is 0 Å². The van der Waals surface area contributed by atoms with Crippen molar-refractivity contribution in [3.8, 4) is 0 Å². The maximum atomic E-state index is 13.3. The van der Waals surface area contributed by atoms with E-state index in [1.807, 2.05) is 13.8 Å². The predicted molar refractivity (Wildman–Crippen MR) is 69.8 cm³/mol. The number of aliphatic carboxylic acids is 1. The molecule has 1 heterocycles. The van der Waals surface area contributed by atoms with Crippen LogP contribution in [0.5, 0.6) is 0 Å². The Kier molecular flexibility index (Phi) is 3.84. The summed E-state index contributed by atoms with van der Waals surface area (Å²) in [5.74, 6) is -3.39. The molecule has 2 rings (SSSR count). The summed E-state index contributed by atoms with van der Waals surface area (Å²) in [4.78, 5) is 11.6. The Morgan fingerprint density at radius 2 is 2.00 bits per heavy atom. The molecule has 0 atom stereocenters. The van der Waals surface area contributed by atoms with Crippen molar-refractivity contribution in [2.45, 2.75) is 57.4 Å². The second-order valence-corrected chi connectivity index (χ2v) is 6.09. The second kappa shape index (κ2) is 5.14. The van der Waals surface area contributed by atoms with Gasteiger partial charge in [0.2, 0.25) is 5.92 Å². The molecule has 1 aliphatic carbocycles. The molecule has 1 aromatic rings. The molecule has 1 saturated carbocycles. The van der Waals surface area contributed by atoms with Gasteiger partial charge in [-0.05, 0) is 18.8 Å². The van der Waals surface area contributed by atoms with Crippen molar-refractivity contribution in [1.29, 1.82) is 0 Å². The molecular formula is C14H20F2N2O2. The number of carbonyl (C=O) groups is 1. The monoisotopic (exact) mass is 286 g/mol. The third-order valence-electron chi connectivity index (χ3n) is 3.98. The number of carboxylic acids is 1. The lowest BCUT2D eigenvalue weighted by atomic mass is 9.69. The van der Waals surface area contributed by atoms with Crippen molar-refractivity contribution < 1.29 is 18.7 Å². The van der Waals surface area contributed by atoms with Crippen molar-refractivity contribution in [2.24, 2.45) is 5.92 Å². The predicted octanol–water partition coefficient (Wildman–Crippen LogP) is 3.07. The fourth-order valence-electron chi connectivity index (χ4n) is 2.75. The number of hydrogen-bond acceptors (Lipinski definition) is 2. The van der Waals surface area contributed by atoms with Gasteiger partial charge in [0.25, 0.3) is 0 Å². The molecule has 0 saturated heterocycles. The molecule has 20 heavy (non-hydrogen) atoms. The Balaban J connectivity index is 2.25. The largest absolute Gasteiger partial charge is 0.481 e. The zero-order chi connectivity index (χ0) is 15.0. The number of hydrogen-bond donors (Lipinski definition) is 1. The van der Waals surface area contributed by atoms with Gasteiger partial charge in [0, 0.05) is 31.1 Å². The minimum Gasteiger partial charge on any atom is -0.481 e. The van der Waals surface area contributed by atoms with Gasteiger partial charge in [-0.1, -0.05) is 13.8 Å². The average Bonchev–Trinajstić information content (AvgIpc) is 2.77. The van der Waals surface area contributed by atoms with Crippen LogP contribution in [-0.2, 0) is 16.8 Å². The molecule has 0 spiro atoms. The number of alkyl halides is 2. The highest BCUT2D eigenvalue weighted by Crippen LogP contribution is 2.45. The minimum absolute atomic E-state index is 0.0390. The number of rotatable bonds is 4. The zero-order valence-electron chi connectivity index (χ0n) is 11.8. The van der Waals surface area contributed by atoms with Crippen LogP contribution < -0.4 is 0 Å². The molecule has 1 fully saturated rings. The highest BCUT2D eigenvalue weighted by atomic mass is 19.3. The van der Waals surface area contributed by atoms with Gasteiger partial charge in [0.05, 0.1) is 11.6 Å². The maximum Gasteiger partial charge on any atom is 0.314 e. The van der Waals surface area contributed by atoms with Crippen LogP contribution in [0.1, 0.15) is 45.1 Å². The first-order valence-electron chi connectivity index (χ1n) is 6.89. The smallest absolute Gasteiger partial charge is 0.314 e. The van der Waals surface area contributed by atoms with Crippen LogP contribution in [0.2, 0.25) is 0 Å². The van der Waals surface area contributed by atoms with Crippen molar-refractivity contribution in [1.82, 2.24) is 9.78 Å². The van der Waals surface area contributed by atoms with Crippen LogP contribution in [0.25, 0.3) is 0 Å². The molecule has 0 amide bonds. The van der Waals surface area contributed by atoms with Gasteiger partial charge in [-0.3, -0.25) is 9.48 Å². The Hall–Kier alpha value is -1.46. The summed E-state index contributed by atoms with van der Waals surface area (Å²) in [5, 5.41) is 13.7. The quantitative estimate of drug-likeness (QED) is 0.925. The second-order valence-electron chi connectivity index (χ2n) is 6.09. The van der Waals surface area contributed by atoms with Crippen LogP contribution in [0.15, 0.2) is 12.4 Å². The van der Waals surface area contributed by atoms with E-state index in [1.165, 1.54) is 6.20 Å². The van der Waals surface area contributed by atoms with E-state index in [1.54, 1.807) is 10.9 Å². The van der Waals surface area contributed by atoms with Crippen molar-refractivity contribution in [3.05, 3.63) is 18.0 Å². The summed E-state index contributed by atoms with van der Waals surface area (Å²) in [6.07, 6.45) is 2.37. The van der Waals surface area contributed by atoms with E-state index in [9.17, 15) is 18.7 Å². The third kappa shape index (κ3) is 2.83. The van der Waals surface area contributed by atoms with Crippen molar-refractivity contribution in [3.63, 3.8) is 0 Å². The lowest BCUT2D eigenvalue weighted by Crippen LogP contribution is -2.42. The number of carboxylic acid groups (broad SMARTS) is 1. The third-order valence-corrected chi connectivity index (χ3v) is 3.98. The fourth-order valence-corrected chi connectivity index (χ4v) is 2.75. The first-order valence-corrected chi connectivity index (χ1v) is 6.89. The van der Waals surface area contributed by atoms with E-state index in [0.717, 1.165) is 0 Å². The number of aromatic nitrogens is 2. The maximum absolute atomic E-state index is 13.3. The normalized spacial score (nSPS) is 21.1. The topological polar surface area (TPSA) is 55.1 Å². The average molecular weight is 286 g/mol. The van der Waals surface area contributed by atoms with Gasteiger partial charge >= 0.3 is 5.97 Å². The molecule has 6 heteroatoms. The number of nitrogens with zero attached hydrogens (tertiary/aromatic N) is 2. The molecule has 1 N–H and O–H groups in total. The molecule has 0 aliphatic heterocycles. The van der Waals surface area contributed by atoms with E-state index in [4.69, 9.17) is 0 Å². The minimum atomic E-state index is -2.74. The first-order chi connectivity index (χ1) is 9.25. The molecule has 0 radical (unpaired) electrons. The van der Waals surface area contributed by atoms with Crippen molar-refractivity contribution in [2.75, 3.05) is 0 Å². The molecule has 0 unspecified atom stereocenters. The Bertz CT molecular complexity index is 487. The molecule has 1 aromatic heterocycles. The summed E-state index contributed by atoms with van der Waals surface area (Å²) >= 11 is 0. The Labute approximate surface area is 116 Å². The zero-order valence-corrected chi connectivity index (χ0v) is 11.8. The highest BCUT2D eigenvalue weighted by Gasteiger charge is 2.49. The van der Waals surface area contributed by atoms with Gasteiger partial charge < -0.3 is 5.11 Å². The van der Waals surface area contributed by atoms with Crippen LogP contribution in [-0.4, -0.2) is 26.8 Å². The SMILES string of the molecule is CC(C)Cn1cc(C2(C(=O)O)CCC(F)(F)CC2)cn1. The first kappa shape index (κ1) is 14.9. The Morgan fingerprint density at radius 1 is 1.40 bits per heavy atom. The number of halogens is 2. The summed E-state index contributed by atoms with van der Waals surface area (Å²) < 4.78 is 28.3. The van der Waals surface area contributed by atoms with Gasteiger partial charge in [-0.2, -0.15) is 5.10 Å². The lowest BCUT2D eigenvalue weighted by Gasteiger charge is -2.36. The molecule has 0 aromatic carbocycles. The summed E-state index contributed by atoms with van der Waals surface area (Å²) in [6, 6.07) is 0. The van der Waals surface area contributed by atoms with E-state index in [-0.39, 0.29) is 25.7 Å². The fraction of sp³-hybridized carbons (Fsp3) is 0.714. The van der Waals surface area contributed by atoms with Crippen LogP contribution in [0, 0.1) is 5.92 Å².